The average Bonchev–Trinajstić information content (AvgIpc) is 2.98. The van der Waals surface area contributed by atoms with Crippen molar-refractivity contribution in [3.63, 3.8) is 0 Å². The molecule has 7 rings (SSSR count). The second kappa shape index (κ2) is 7.33. The van der Waals surface area contributed by atoms with Crippen molar-refractivity contribution >= 4 is 53.7 Å². The van der Waals surface area contributed by atoms with Crippen molar-refractivity contribution in [3.05, 3.63) is 45.3 Å². The molecule has 2 aromatic carbocycles. The summed E-state index contributed by atoms with van der Waals surface area (Å²) >= 11 is 7.24. The Balaban J connectivity index is 1.25. The SMILES string of the molecule is OC(CNC12CC3CC(CC(C3)C1)C2)Cn1c2ccc(Br)cc2c2cc(Br)ccc21. The van der Waals surface area contributed by atoms with E-state index < -0.39 is 6.10 Å². The summed E-state index contributed by atoms with van der Waals surface area (Å²) < 4.78 is 4.45. The van der Waals surface area contributed by atoms with Crippen molar-refractivity contribution in [1.29, 1.82) is 0 Å². The maximum absolute atomic E-state index is 11.0. The fraction of sp³-hybridized carbons (Fsp3) is 0.520. The maximum Gasteiger partial charge on any atom is 0.0843 e. The van der Waals surface area contributed by atoms with Gasteiger partial charge in [0.2, 0.25) is 0 Å². The van der Waals surface area contributed by atoms with E-state index in [1.165, 1.54) is 60.3 Å². The minimum Gasteiger partial charge on any atom is -0.390 e. The Labute approximate surface area is 194 Å². The lowest BCUT2D eigenvalue weighted by Gasteiger charge is -2.57. The van der Waals surface area contributed by atoms with Crippen molar-refractivity contribution < 1.29 is 5.11 Å². The van der Waals surface area contributed by atoms with Crippen LogP contribution in [0.1, 0.15) is 38.5 Å². The molecule has 1 atom stereocenters. The third-order valence-corrected chi connectivity index (χ3v) is 8.92. The molecule has 1 unspecified atom stereocenters. The number of hydrogen-bond donors (Lipinski definition) is 2. The number of nitrogens with one attached hydrogen (secondary N) is 1. The summed E-state index contributed by atoms with van der Waals surface area (Å²) in [6.07, 6.45) is 7.93. The van der Waals surface area contributed by atoms with Gasteiger partial charge in [-0.1, -0.05) is 31.9 Å². The number of aliphatic hydroxyl groups excluding tert-OH is 1. The van der Waals surface area contributed by atoms with E-state index in [0.717, 1.165) is 26.7 Å². The smallest absolute Gasteiger partial charge is 0.0843 e. The normalized spacial score (nSPS) is 31.1. The molecule has 0 aliphatic heterocycles. The summed E-state index contributed by atoms with van der Waals surface area (Å²) in [5.74, 6) is 2.78. The van der Waals surface area contributed by atoms with E-state index in [4.69, 9.17) is 0 Å². The van der Waals surface area contributed by atoms with Crippen LogP contribution in [-0.2, 0) is 6.54 Å². The number of hydrogen-bond acceptors (Lipinski definition) is 2. The van der Waals surface area contributed by atoms with E-state index in [1.54, 1.807) is 0 Å². The van der Waals surface area contributed by atoms with Crippen molar-refractivity contribution in [2.24, 2.45) is 17.8 Å². The Bertz CT molecular complexity index is 1030. The van der Waals surface area contributed by atoms with Crippen LogP contribution in [0.2, 0.25) is 0 Å². The molecule has 1 aromatic heterocycles. The first-order chi connectivity index (χ1) is 14.5. The van der Waals surface area contributed by atoms with E-state index in [1.807, 2.05) is 0 Å². The topological polar surface area (TPSA) is 37.2 Å². The van der Waals surface area contributed by atoms with Crippen LogP contribution >= 0.6 is 31.9 Å². The summed E-state index contributed by atoms with van der Waals surface area (Å²) in [4.78, 5) is 0. The molecule has 30 heavy (non-hydrogen) atoms. The van der Waals surface area contributed by atoms with Crippen molar-refractivity contribution in [2.45, 2.75) is 56.7 Å². The zero-order chi connectivity index (χ0) is 20.5. The average molecular weight is 532 g/mol. The van der Waals surface area contributed by atoms with Gasteiger partial charge in [0.25, 0.3) is 0 Å². The molecule has 0 spiro atoms. The lowest BCUT2D eigenvalue weighted by Crippen LogP contribution is -2.59. The Hall–Kier alpha value is -0.880. The van der Waals surface area contributed by atoms with E-state index in [-0.39, 0.29) is 0 Å². The second-order valence-corrected chi connectivity index (χ2v) is 12.0. The molecule has 1 heterocycles. The van der Waals surface area contributed by atoms with Crippen LogP contribution in [0.4, 0.5) is 0 Å². The summed E-state index contributed by atoms with van der Waals surface area (Å²) in [7, 11) is 0. The number of rotatable bonds is 5. The summed E-state index contributed by atoms with van der Waals surface area (Å²) in [6.45, 7) is 1.29. The van der Waals surface area contributed by atoms with Gasteiger partial charge in [0, 0.05) is 42.8 Å². The van der Waals surface area contributed by atoms with E-state index >= 15 is 0 Å². The minimum atomic E-state index is -0.399. The first-order valence-corrected chi connectivity index (χ1v) is 12.9. The molecular weight excluding hydrogens is 504 g/mol. The fourth-order valence-corrected chi connectivity index (χ4v) is 7.90. The predicted octanol–water partition coefficient (Wildman–Crippen LogP) is 6.24. The highest BCUT2D eigenvalue weighted by Gasteiger charge is 2.50. The monoisotopic (exact) mass is 530 g/mol. The molecule has 4 aliphatic rings. The largest absolute Gasteiger partial charge is 0.390 e. The van der Waals surface area contributed by atoms with Gasteiger partial charge in [0.15, 0.2) is 0 Å². The molecule has 5 heteroatoms. The lowest BCUT2D eigenvalue weighted by molar-refractivity contribution is -0.0252. The first kappa shape index (κ1) is 19.8. The number of nitrogens with zero attached hydrogens (tertiary/aromatic N) is 1. The van der Waals surface area contributed by atoms with Crippen LogP contribution in [0.3, 0.4) is 0 Å². The highest BCUT2D eigenvalue weighted by Crippen LogP contribution is 2.55. The Morgan fingerprint density at radius 2 is 1.40 bits per heavy atom. The maximum atomic E-state index is 11.0. The molecular formula is C25H28Br2N2O. The molecule has 0 saturated heterocycles. The minimum absolute atomic E-state index is 0.298. The Kier molecular flexibility index (Phi) is 4.83. The molecule has 4 aliphatic carbocycles. The molecule has 4 saturated carbocycles. The number of benzene rings is 2. The lowest BCUT2D eigenvalue weighted by atomic mass is 9.53. The van der Waals surface area contributed by atoms with Crippen LogP contribution in [0.25, 0.3) is 21.8 Å². The Morgan fingerprint density at radius 1 is 0.900 bits per heavy atom. The molecule has 2 N–H and O–H groups in total. The molecule has 4 fully saturated rings. The summed E-state index contributed by atoms with van der Waals surface area (Å²) in [6, 6.07) is 12.9. The highest BCUT2D eigenvalue weighted by molar-refractivity contribution is 9.10. The van der Waals surface area contributed by atoms with Gasteiger partial charge < -0.3 is 15.0 Å². The van der Waals surface area contributed by atoms with Crippen molar-refractivity contribution in [1.82, 2.24) is 9.88 Å². The van der Waals surface area contributed by atoms with Gasteiger partial charge in [-0.15, -0.1) is 0 Å². The zero-order valence-corrected chi connectivity index (χ0v) is 20.3. The number of β-amino-alcohol motifs (C(OH)–C–C–N with tert-alkyl or cyclic N) is 1. The molecule has 158 valence electrons. The molecule has 3 nitrogen and oxygen atoms in total. The highest BCUT2D eigenvalue weighted by atomic mass is 79.9. The van der Waals surface area contributed by atoms with E-state index in [9.17, 15) is 5.11 Å². The number of aromatic nitrogens is 1. The van der Waals surface area contributed by atoms with Gasteiger partial charge in [0.05, 0.1) is 12.6 Å². The van der Waals surface area contributed by atoms with Crippen molar-refractivity contribution in [2.75, 3.05) is 6.54 Å². The summed E-state index contributed by atoms with van der Waals surface area (Å²) in [5, 5.41) is 17.4. The van der Waals surface area contributed by atoms with Gasteiger partial charge in [-0.2, -0.15) is 0 Å². The third kappa shape index (κ3) is 3.37. The van der Waals surface area contributed by atoms with Gasteiger partial charge in [-0.3, -0.25) is 0 Å². The molecule has 0 radical (unpaired) electrons. The fourth-order valence-electron chi connectivity index (χ4n) is 7.18. The van der Waals surface area contributed by atoms with Crippen LogP contribution in [0, 0.1) is 17.8 Å². The van der Waals surface area contributed by atoms with Gasteiger partial charge in [-0.05, 0) is 92.7 Å². The number of fused-ring (bicyclic) bond motifs is 3. The quantitative estimate of drug-likeness (QED) is 0.409. The van der Waals surface area contributed by atoms with Gasteiger partial charge in [-0.25, -0.2) is 0 Å². The van der Waals surface area contributed by atoms with Crippen LogP contribution in [-0.4, -0.2) is 27.9 Å². The van der Waals surface area contributed by atoms with Crippen LogP contribution in [0.15, 0.2) is 45.3 Å². The molecule has 0 amide bonds. The van der Waals surface area contributed by atoms with Crippen LogP contribution in [0.5, 0.6) is 0 Å². The van der Waals surface area contributed by atoms with Gasteiger partial charge >= 0.3 is 0 Å². The molecule has 3 aromatic rings. The van der Waals surface area contributed by atoms with Crippen molar-refractivity contribution in [3.8, 4) is 0 Å². The van der Waals surface area contributed by atoms with Gasteiger partial charge in [0.1, 0.15) is 0 Å². The van der Waals surface area contributed by atoms with E-state index in [0.29, 0.717) is 18.6 Å². The second-order valence-electron chi connectivity index (χ2n) is 10.2. The zero-order valence-electron chi connectivity index (χ0n) is 17.1. The number of aliphatic hydroxyl groups is 1. The first-order valence-electron chi connectivity index (χ1n) is 11.3. The Morgan fingerprint density at radius 3 is 1.90 bits per heavy atom. The van der Waals surface area contributed by atoms with Crippen LogP contribution < -0.4 is 5.32 Å². The summed E-state index contributed by atoms with van der Waals surface area (Å²) in [5.41, 5.74) is 2.66. The third-order valence-electron chi connectivity index (χ3n) is 7.93. The predicted molar refractivity (Wildman–Crippen MR) is 130 cm³/mol. The standard InChI is InChI=1S/C25H28Br2N2O/c26-18-1-3-23-21(8-18)22-9-19(27)2-4-24(22)29(23)14-20(30)13-28-25-10-15-5-16(11-25)7-17(6-15)12-25/h1-4,8-9,15-17,20,28,30H,5-7,10-14H2. The number of halogens is 2. The molecule has 4 bridgehead atoms. The van der Waals surface area contributed by atoms with E-state index in [2.05, 4.69) is 78.1 Å².